The predicted octanol–water partition coefficient (Wildman–Crippen LogP) is 2.70. The molecule has 0 heterocycles. The van der Waals surface area contributed by atoms with Crippen molar-refractivity contribution in [1.82, 2.24) is 5.01 Å². The summed E-state index contributed by atoms with van der Waals surface area (Å²) in [6.45, 7) is 4.74. The lowest BCUT2D eigenvalue weighted by Gasteiger charge is -2.27. The van der Waals surface area contributed by atoms with Crippen LogP contribution >= 0.6 is 0 Å². The molecule has 1 rings (SSSR count). The highest BCUT2D eigenvalue weighted by molar-refractivity contribution is 5.69. The lowest BCUT2D eigenvalue weighted by Crippen LogP contribution is -2.45. The van der Waals surface area contributed by atoms with Gasteiger partial charge in [-0.1, -0.05) is 0 Å². The normalized spacial score (nSPS) is 18.1. The second-order valence-corrected chi connectivity index (χ2v) is 4.78. The molecule has 5 nitrogen and oxygen atoms in total. The van der Waals surface area contributed by atoms with Gasteiger partial charge in [0.25, 0.3) is 6.43 Å². The molecule has 1 fully saturated rings. The molecule has 1 saturated carbocycles. The lowest BCUT2D eigenvalue weighted by atomic mass is 10.2. The van der Waals surface area contributed by atoms with E-state index in [2.05, 4.69) is 5.29 Å². The summed E-state index contributed by atoms with van der Waals surface area (Å²) in [4.78, 5) is 21.9. The van der Waals surface area contributed by atoms with Gasteiger partial charge in [-0.15, -0.1) is 9.92 Å². The van der Waals surface area contributed by atoms with Crippen LogP contribution in [0.3, 0.4) is 0 Å². The summed E-state index contributed by atoms with van der Waals surface area (Å²) >= 11 is 0. The highest BCUT2D eigenvalue weighted by Gasteiger charge is 2.60. The molecular formula is C9H14F2N2O3. The van der Waals surface area contributed by atoms with Crippen LogP contribution in [0.2, 0.25) is 0 Å². The number of hydrogen-bond donors (Lipinski definition) is 0. The van der Waals surface area contributed by atoms with Gasteiger partial charge in [-0.2, -0.15) is 0 Å². The fourth-order valence-electron chi connectivity index (χ4n) is 1.25. The number of alkyl halides is 2. The van der Waals surface area contributed by atoms with E-state index < -0.39 is 23.7 Å². The standard InChI is InChI=1S/C9H14F2N2O3/c1-8(2,3)16-7(14)13(12-15)9(4-5-9)6(10)11/h6H,4-5H2,1-3H3. The van der Waals surface area contributed by atoms with E-state index >= 15 is 0 Å². The Hall–Kier alpha value is -1.27. The molecule has 0 bridgehead atoms. The Morgan fingerprint density at radius 1 is 1.44 bits per heavy atom. The molecular weight excluding hydrogens is 222 g/mol. The molecule has 1 aliphatic rings. The number of amides is 1. The fraction of sp³-hybridized carbons (Fsp3) is 0.889. The Kier molecular flexibility index (Phi) is 3.16. The van der Waals surface area contributed by atoms with Crippen molar-refractivity contribution in [1.29, 1.82) is 0 Å². The maximum absolute atomic E-state index is 12.7. The molecule has 0 radical (unpaired) electrons. The number of hydrogen-bond acceptors (Lipinski definition) is 4. The molecule has 16 heavy (non-hydrogen) atoms. The maximum atomic E-state index is 12.7. The van der Waals surface area contributed by atoms with Crippen LogP contribution in [-0.2, 0) is 4.74 Å². The van der Waals surface area contributed by atoms with Crippen molar-refractivity contribution in [2.75, 3.05) is 0 Å². The van der Waals surface area contributed by atoms with Crippen molar-refractivity contribution in [3.05, 3.63) is 4.91 Å². The molecule has 1 aliphatic carbocycles. The molecule has 0 saturated heterocycles. The summed E-state index contributed by atoms with van der Waals surface area (Å²) < 4.78 is 30.1. The van der Waals surface area contributed by atoms with Crippen LogP contribution in [0.1, 0.15) is 33.6 Å². The van der Waals surface area contributed by atoms with Crippen molar-refractivity contribution in [3.8, 4) is 0 Å². The Morgan fingerprint density at radius 2 is 1.94 bits per heavy atom. The third-order valence-electron chi connectivity index (χ3n) is 2.24. The summed E-state index contributed by atoms with van der Waals surface area (Å²) in [6.07, 6.45) is -3.79. The van der Waals surface area contributed by atoms with Gasteiger partial charge in [-0.25, -0.2) is 13.6 Å². The van der Waals surface area contributed by atoms with E-state index in [-0.39, 0.29) is 17.9 Å². The highest BCUT2D eigenvalue weighted by atomic mass is 19.3. The zero-order valence-corrected chi connectivity index (χ0v) is 9.37. The van der Waals surface area contributed by atoms with Crippen LogP contribution in [0.4, 0.5) is 13.6 Å². The summed E-state index contributed by atoms with van der Waals surface area (Å²) in [6, 6.07) is 0. The molecule has 0 aromatic heterocycles. The summed E-state index contributed by atoms with van der Waals surface area (Å²) in [5.74, 6) is 0. The zero-order chi connectivity index (χ0) is 12.6. The largest absolute Gasteiger partial charge is 0.442 e. The van der Waals surface area contributed by atoms with Gasteiger partial charge in [0.05, 0.1) is 5.29 Å². The van der Waals surface area contributed by atoms with Crippen LogP contribution in [-0.4, -0.2) is 28.7 Å². The third kappa shape index (κ3) is 2.45. The minimum atomic E-state index is -2.79. The zero-order valence-electron chi connectivity index (χ0n) is 9.37. The number of carbonyl (C=O) groups is 1. The van der Waals surface area contributed by atoms with Crippen molar-refractivity contribution in [2.45, 2.75) is 51.2 Å². The van der Waals surface area contributed by atoms with Gasteiger partial charge in [-0.3, -0.25) is 0 Å². The predicted molar refractivity (Wildman–Crippen MR) is 51.8 cm³/mol. The van der Waals surface area contributed by atoms with Crippen LogP contribution in [0.25, 0.3) is 0 Å². The molecule has 0 N–H and O–H groups in total. The molecule has 0 spiro atoms. The van der Waals surface area contributed by atoms with Gasteiger partial charge < -0.3 is 4.74 Å². The average Bonchev–Trinajstić information content (AvgIpc) is 2.83. The number of ether oxygens (including phenoxy) is 1. The quantitative estimate of drug-likeness (QED) is 0.559. The number of nitroso groups, excluding NO2 is 1. The first kappa shape index (κ1) is 12.8. The van der Waals surface area contributed by atoms with Gasteiger partial charge in [0.1, 0.15) is 11.1 Å². The highest BCUT2D eigenvalue weighted by Crippen LogP contribution is 2.47. The molecule has 0 aromatic rings. The third-order valence-corrected chi connectivity index (χ3v) is 2.24. The molecule has 0 aromatic carbocycles. The van der Waals surface area contributed by atoms with Crippen molar-refractivity contribution < 1.29 is 18.3 Å². The van der Waals surface area contributed by atoms with E-state index in [0.717, 1.165) is 0 Å². The molecule has 0 atom stereocenters. The van der Waals surface area contributed by atoms with Gasteiger partial charge in [0, 0.05) is 0 Å². The molecule has 1 amide bonds. The van der Waals surface area contributed by atoms with Gasteiger partial charge >= 0.3 is 6.09 Å². The average molecular weight is 236 g/mol. The van der Waals surface area contributed by atoms with Crippen LogP contribution in [0.15, 0.2) is 5.29 Å². The van der Waals surface area contributed by atoms with E-state index in [9.17, 15) is 18.5 Å². The van der Waals surface area contributed by atoms with E-state index in [1.807, 2.05) is 0 Å². The van der Waals surface area contributed by atoms with Crippen LogP contribution in [0, 0.1) is 4.91 Å². The van der Waals surface area contributed by atoms with Gasteiger partial charge in [0.15, 0.2) is 0 Å². The molecule has 7 heteroatoms. The van der Waals surface area contributed by atoms with E-state index in [1.54, 1.807) is 20.8 Å². The Labute approximate surface area is 91.7 Å². The Bertz CT molecular complexity index is 298. The first-order valence-corrected chi connectivity index (χ1v) is 4.87. The minimum absolute atomic E-state index is 0.0651. The molecule has 92 valence electrons. The topological polar surface area (TPSA) is 59.0 Å². The number of carbonyl (C=O) groups excluding carboxylic acids is 1. The summed E-state index contributed by atoms with van der Waals surface area (Å²) in [7, 11) is 0. The molecule has 0 unspecified atom stereocenters. The minimum Gasteiger partial charge on any atom is -0.442 e. The van der Waals surface area contributed by atoms with Crippen LogP contribution in [0.5, 0.6) is 0 Å². The second kappa shape index (κ2) is 3.95. The van der Waals surface area contributed by atoms with Gasteiger partial charge in [-0.05, 0) is 33.6 Å². The molecule has 0 aliphatic heterocycles. The smallest absolute Gasteiger partial charge is 0.434 e. The number of rotatable bonds is 3. The SMILES string of the molecule is CC(C)(C)OC(=O)N(N=O)C1(C(F)F)CC1. The van der Waals surface area contributed by atoms with Crippen molar-refractivity contribution in [2.24, 2.45) is 5.29 Å². The monoisotopic (exact) mass is 236 g/mol. The second-order valence-electron chi connectivity index (χ2n) is 4.78. The Balaban J connectivity index is 2.76. The lowest BCUT2D eigenvalue weighted by molar-refractivity contribution is -0.0242. The van der Waals surface area contributed by atoms with E-state index in [0.29, 0.717) is 0 Å². The summed E-state index contributed by atoms with van der Waals surface area (Å²) in [5.41, 5.74) is -2.59. The number of halogens is 2. The van der Waals surface area contributed by atoms with E-state index in [1.165, 1.54) is 0 Å². The van der Waals surface area contributed by atoms with Crippen molar-refractivity contribution >= 4 is 6.09 Å². The first-order valence-electron chi connectivity index (χ1n) is 4.87. The number of nitrogens with zero attached hydrogens (tertiary/aromatic N) is 2. The first-order chi connectivity index (χ1) is 7.23. The van der Waals surface area contributed by atoms with E-state index in [4.69, 9.17) is 4.74 Å². The summed E-state index contributed by atoms with van der Waals surface area (Å²) in [5, 5.41) is 2.58. The van der Waals surface area contributed by atoms with Gasteiger partial charge in [0.2, 0.25) is 0 Å². The van der Waals surface area contributed by atoms with Crippen molar-refractivity contribution in [3.63, 3.8) is 0 Å². The Morgan fingerprint density at radius 3 is 2.19 bits per heavy atom. The fourth-order valence-corrected chi connectivity index (χ4v) is 1.25. The van der Waals surface area contributed by atoms with Crippen LogP contribution < -0.4 is 0 Å². The maximum Gasteiger partial charge on any atom is 0.434 e.